The van der Waals surface area contributed by atoms with E-state index in [-0.39, 0.29) is 9.79 Å². The summed E-state index contributed by atoms with van der Waals surface area (Å²) in [6.07, 6.45) is 0.568. The summed E-state index contributed by atoms with van der Waals surface area (Å²) in [7, 11) is -3.22. The third-order valence-corrected chi connectivity index (χ3v) is 9.16. The van der Waals surface area contributed by atoms with Gasteiger partial charge in [-0.25, -0.2) is 26.9 Å². The van der Waals surface area contributed by atoms with E-state index in [1.807, 2.05) is 14.1 Å². The van der Waals surface area contributed by atoms with Crippen molar-refractivity contribution in [3.05, 3.63) is 59.7 Å². The fourth-order valence-corrected chi connectivity index (χ4v) is 6.29. The highest BCUT2D eigenvalue weighted by Gasteiger charge is 2.22. The van der Waals surface area contributed by atoms with Crippen LogP contribution >= 0.6 is 0 Å². The second-order valence-corrected chi connectivity index (χ2v) is 12.6. The summed E-state index contributed by atoms with van der Waals surface area (Å²) in [6.45, 7) is 5.82. The highest BCUT2D eigenvalue weighted by molar-refractivity contribution is 7.89. The zero-order chi connectivity index (χ0) is 25.1. The Labute approximate surface area is 208 Å². The van der Waals surface area contributed by atoms with Gasteiger partial charge in [0.05, 0.1) is 9.79 Å². The second kappa shape index (κ2) is 11.0. The summed E-state index contributed by atoms with van der Waals surface area (Å²) in [5, 5.41) is 3.47. The van der Waals surface area contributed by atoms with E-state index < -0.39 is 20.0 Å². The molecule has 10 nitrogen and oxygen atoms in total. The standard InChI is InChI=1S/C23H34N6O4S2/c1-26-11-15-28(16-12-26)24-34(30,31)22-7-3-20(4-8-22)19-21-5-9-23(10-6-21)35(32,33)25-29-17-13-27(2)14-18-29/h3-10,24-25H,11-19H2,1-2H3. The summed E-state index contributed by atoms with van der Waals surface area (Å²) in [5.74, 6) is 0. The lowest BCUT2D eigenvalue weighted by Crippen LogP contribution is -2.52. The van der Waals surface area contributed by atoms with Crippen LogP contribution in [0.4, 0.5) is 0 Å². The predicted molar refractivity (Wildman–Crippen MR) is 134 cm³/mol. The Kier molecular flexibility index (Phi) is 8.23. The van der Waals surface area contributed by atoms with E-state index in [0.717, 1.165) is 37.3 Å². The van der Waals surface area contributed by atoms with Gasteiger partial charge in [-0.15, -0.1) is 9.66 Å². The maximum absolute atomic E-state index is 12.7. The normalized spacial score (nSPS) is 19.7. The number of hydrogen-bond acceptors (Lipinski definition) is 8. The molecule has 2 heterocycles. The van der Waals surface area contributed by atoms with Crippen molar-refractivity contribution < 1.29 is 16.8 Å². The quantitative estimate of drug-likeness (QED) is 0.505. The Balaban J connectivity index is 1.34. The number of sulfonamides is 2. The van der Waals surface area contributed by atoms with Crippen molar-refractivity contribution in [2.24, 2.45) is 0 Å². The van der Waals surface area contributed by atoms with Crippen LogP contribution in [0.1, 0.15) is 11.1 Å². The minimum absolute atomic E-state index is 0.219. The third-order valence-electron chi connectivity index (χ3n) is 6.38. The topological polar surface area (TPSA) is 105 Å². The largest absolute Gasteiger partial charge is 0.304 e. The van der Waals surface area contributed by atoms with Crippen LogP contribution in [0.5, 0.6) is 0 Å². The van der Waals surface area contributed by atoms with Gasteiger partial charge in [0.25, 0.3) is 20.0 Å². The van der Waals surface area contributed by atoms with Gasteiger partial charge in [-0.05, 0) is 55.9 Å². The summed E-state index contributed by atoms with van der Waals surface area (Å²) in [6, 6.07) is 13.6. The number of piperazine rings is 2. The van der Waals surface area contributed by atoms with Gasteiger partial charge in [0.2, 0.25) is 0 Å². The fraction of sp³-hybridized carbons (Fsp3) is 0.478. The Morgan fingerprint density at radius 2 is 0.886 bits per heavy atom. The number of hydrazine groups is 2. The highest BCUT2D eigenvalue weighted by atomic mass is 32.2. The molecule has 4 rings (SSSR count). The number of rotatable bonds is 8. The molecule has 0 spiro atoms. The van der Waals surface area contributed by atoms with Crippen molar-refractivity contribution in [2.75, 3.05) is 66.5 Å². The monoisotopic (exact) mass is 522 g/mol. The van der Waals surface area contributed by atoms with Gasteiger partial charge in [-0.3, -0.25) is 0 Å². The van der Waals surface area contributed by atoms with E-state index in [1.165, 1.54) is 0 Å². The molecule has 2 aromatic carbocycles. The van der Waals surface area contributed by atoms with Gasteiger partial charge in [0.1, 0.15) is 0 Å². The van der Waals surface area contributed by atoms with Crippen molar-refractivity contribution in [3.8, 4) is 0 Å². The maximum Gasteiger partial charge on any atom is 0.253 e. The molecule has 0 amide bonds. The summed E-state index contributed by atoms with van der Waals surface area (Å²) >= 11 is 0. The number of nitrogens with zero attached hydrogens (tertiary/aromatic N) is 4. The maximum atomic E-state index is 12.7. The Hall–Kier alpha value is -1.90. The van der Waals surface area contributed by atoms with E-state index in [9.17, 15) is 16.8 Å². The Morgan fingerprint density at radius 3 is 1.20 bits per heavy atom. The molecule has 0 bridgehead atoms. The average Bonchev–Trinajstić information content (AvgIpc) is 2.82. The fourth-order valence-electron chi connectivity index (χ4n) is 4.05. The molecule has 2 fully saturated rings. The second-order valence-electron chi connectivity index (χ2n) is 9.23. The average molecular weight is 523 g/mol. The lowest BCUT2D eigenvalue weighted by molar-refractivity contribution is 0.135. The smallest absolute Gasteiger partial charge is 0.253 e. The summed E-state index contributed by atoms with van der Waals surface area (Å²) in [5.41, 5.74) is 1.88. The van der Waals surface area contributed by atoms with Crippen LogP contribution in [0, 0.1) is 0 Å². The SMILES string of the molecule is CN1CCN(NS(=O)(=O)c2ccc(Cc3ccc(S(=O)(=O)NN4CCN(C)CC4)cc3)cc2)CC1. The van der Waals surface area contributed by atoms with E-state index in [2.05, 4.69) is 19.5 Å². The van der Waals surface area contributed by atoms with Crippen molar-refractivity contribution in [1.82, 2.24) is 29.5 Å². The predicted octanol–water partition coefficient (Wildman–Crippen LogP) is 0.159. The van der Waals surface area contributed by atoms with E-state index in [1.54, 1.807) is 58.5 Å². The Bertz CT molecular complexity index is 1090. The molecular weight excluding hydrogens is 488 g/mol. The minimum atomic E-state index is -3.63. The summed E-state index contributed by atoms with van der Waals surface area (Å²) < 4.78 is 50.8. The van der Waals surface area contributed by atoms with Crippen LogP contribution in [-0.4, -0.2) is 103 Å². The van der Waals surface area contributed by atoms with Gasteiger partial charge in [0, 0.05) is 52.4 Å². The van der Waals surface area contributed by atoms with Crippen LogP contribution in [0.15, 0.2) is 58.3 Å². The molecule has 2 saturated heterocycles. The molecule has 2 aromatic rings. The molecule has 2 aliphatic heterocycles. The first-order valence-corrected chi connectivity index (χ1v) is 14.7. The lowest BCUT2D eigenvalue weighted by Gasteiger charge is -2.32. The van der Waals surface area contributed by atoms with Crippen molar-refractivity contribution in [3.63, 3.8) is 0 Å². The summed E-state index contributed by atoms with van der Waals surface area (Å²) in [4.78, 5) is 10.1. The van der Waals surface area contributed by atoms with Crippen molar-refractivity contribution in [2.45, 2.75) is 16.2 Å². The molecule has 192 valence electrons. The first-order valence-electron chi connectivity index (χ1n) is 11.7. The van der Waals surface area contributed by atoms with Gasteiger partial charge >= 0.3 is 0 Å². The molecule has 35 heavy (non-hydrogen) atoms. The first-order chi connectivity index (χ1) is 16.6. The van der Waals surface area contributed by atoms with Crippen molar-refractivity contribution >= 4 is 20.0 Å². The van der Waals surface area contributed by atoms with Gasteiger partial charge in [0.15, 0.2) is 0 Å². The molecular formula is C23H34N6O4S2. The van der Waals surface area contributed by atoms with E-state index in [0.29, 0.717) is 32.6 Å². The number of nitrogens with one attached hydrogen (secondary N) is 2. The van der Waals surface area contributed by atoms with Gasteiger partial charge in [-0.2, -0.15) is 0 Å². The minimum Gasteiger partial charge on any atom is -0.304 e. The molecule has 0 aliphatic carbocycles. The molecule has 0 saturated carbocycles. The first kappa shape index (κ1) is 26.2. The number of hydrogen-bond donors (Lipinski definition) is 2. The zero-order valence-electron chi connectivity index (χ0n) is 20.2. The van der Waals surface area contributed by atoms with Crippen LogP contribution < -0.4 is 9.66 Å². The van der Waals surface area contributed by atoms with Gasteiger partial charge in [-0.1, -0.05) is 24.3 Å². The number of likely N-dealkylation sites (N-methyl/N-ethyl adjacent to an activating group) is 2. The molecule has 0 unspecified atom stereocenters. The molecule has 12 heteroatoms. The van der Waals surface area contributed by atoms with E-state index >= 15 is 0 Å². The van der Waals surface area contributed by atoms with Crippen LogP contribution in [0.25, 0.3) is 0 Å². The van der Waals surface area contributed by atoms with E-state index in [4.69, 9.17) is 0 Å². The Morgan fingerprint density at radius 1 is 0.571 bits per heavy atom. The highest BCUT2D eigenvalue weighted by Crippen LogP contribution is 2.17. The zero-order valence-corrected chi connectivity index (χ0v) is 21.9. The molecule has 0 radical (unpaired) electrons. The third kappa shape index (κ3) is 7.08. The van der Waals surface area contributed by atoms with Gasteiger partial charge < -0.3 is 9.80 Å². The molecule has 2 N–H and O–H groups in total. The molecule has 2 aliphatic rings. The molecule has 0 atom stereocenters. The lowest BCUT2D eigenvalue weighted by atomic mass is 10.1. The van der Waals surface area contributed by atoms with Crippen LogP contribution in [0.2, 0.25) is 0 Å². The number of benzene rings is 2. The van der Waals surface area contributed by atoms with Crippen molar-refractivity contribution in [1.29, 1.82) is 0 Å². The molecule has 0 aromatic heterocycles. The van der Waals surface area contributed by atoms with Crippen LogP contribution in [0.3, 0.4) is 0 Å². The van der Waals surface area contributed by atoms with Crippen LogP contribution in [-0.2, 0) is 26.5 Å².